The lowest BCUT2D eigenvalue weighted by Crippen LogP contribution is -2.94. The molecular weight excluding hydrogens is 372 g/mol. The van der Waals surface area contributed by atoms with Crippen LogP contribution in [0, 0.1) is 0 Å². The second-order valence-corrected chi connectivity index (χ2v) is 7.44. The summed E-state index contributed by atoms with van der Waals surface area (Å²) in [6.45, 7) is 2.76. The van der Waals surface area contributed by atoms with Gasteiger partial charge in [-0.25, -0.2) is 4.79 Å². The molecule has 0 fully saturated rings. The van der Waals surface area contributed by atoms with Crippen LogP contribution in [0.5, 0.6) is 0 Å². The van der Waals surface area contributed by atoms with Gasteiger partial charge in [-0.15, -0.1) is 11.3 Å². The summed E-state index contributed by atoms with van der Waals surface area (Å²) in [6, 6.07) is -1.01. The Hall–Kier alpha value is -1.97. The highest BCUT2D eigenvalue weighted by atomic mass is 32.1. The zero-order valence-electron chi connectivity index (χ0n) is 15.7. The minimum absolute atomic E-state index is 0.248. The topological polar surface area (TPSA) is 121 Å². The summed E-state index contributed by atoms with van der Waals surface area (Å²) >= 11 is 1.38. The molecular formula is C18H26N2O6S. The number of fused-ring (bicyclic) bond motifs is 1. The van der Waals surface area contributed by atoms with E-state index < -0.39 is 23.9 Å². The molecule has 8 nitrogen and oxygen atoms in total. The van der Waals surface area contributed by atoms with Crippen molar-refractivity contribution in [2.75, 3.05) is 32.2 Å². The number of aliphatic carboxylic acids is 1. The molecule has 3 N–H and O–H groups in total. The first-order valence-corrected chi connectivity index (χ1v) is 9.94. The maximum atomic E-state index is 12.4. The minimum Gasteiger partial charge on any atom is -0.544 e. The highest BCUT2D eigenvalue weighted by Gasteiger charge is 2.28. The Morgan fingerprint density at radius 2 is 2.04 bits per heavy atom. The van der Waals surface area contributed by atoms with Gasteiger partial charge in [0.05, 0.1) is 37.7 Å². The molecule has 150 valence electrons. The van der Waals surface area contributed by atoms with Crippen molar-refractivity contribution in [3.8, 4) is 0 Å². The average Bonchev–Trinajstić information content (AvgIpc) is 2.98. The van der Waals surface area contributed by atoms with Gasteiger partial charge < -0.3 is 30.0 Å². The Morgan fingerprint density at radius 3 is 2.70 bits per heavy atom. The SMILES string of the molecule is CCOC(=O)c1c(NC(=O)C[C@H]([NH2+]CCOC)C(=O)[O-])sc2c1CCCC2. The highest BCUT2D eigenvalue weighted by Crippen LogP contribution is 2.38. The number of quaternary nitrogens is 1. The molecule has 0 saturated heterocycles. The summed E-state index contributed by atoms with van der Waals surface area (Å²) in [4.78, 5) is 37.2. The van der Waals surface area contributed by atoms with E-state index >= 15 is 0 Å². The number of esters is 1. The van der Waals surface area contributed by atoms with Gasteiger partial charge in [0.25, 0.3) is 0 Å². The van der Waals surface area contributed by atoms with Gasteiger partial charge >= 0.3 is 5.97 Å². The van der Waals surface area contributed by atoms with Crippen LogP contribution in [0.4, 0.5) is 5.00 Å². The number of thiophene rings is 1. The number of aryl methyl sites for hydroxylation is 1. The van der Waals surface area contributed by atoms with E-state index in [4.69, 9.17) is 9.47 Å². The minimum atomic E-state index is -1.31. The van der Waals surface area contributed by atoms with Gasteiger partial charge in [-0.3, -0.25) is 4.79 Å². The van der Waals surface area contributed by atoms with Gasteiger partial charge in [-0.1, -0.05) is 0 Å². The van der Waals surface area contributed by atoms with Crippen LogP contribution in [0.3, 0.4) is 0 Å². The third-order valence-corrected chi connectivity index (χ3v) is 5.59. The van der Waals surface area contributed by atoms with Gasteiger partial charge in [0.15, 0.2) is 0 Å². The van der Waals surface area contributed by atoms with Gasteiger partial charge in [-0.05, 0) is 38.2 Å². The number of carboxylic acid groups (broad SMARTS) is 1. The fourth-order valence-electron chi connectivity index (χ4n) is 3.10. The lowest BCUT2D eigenvalue weighted by Gasteiger charge is -2.16. The van der Waals surface area contributed by atoms with E-state index in [9.17, 15) is 19.5 Å². The summed E-state index contributed by atoms with van der Waals surface area (Å²) in [7, 11) is 1.52. The predicted octanol–water partition coefficient (Wildman–Crippen LogP) is -0.539. The Bertz CT molecular complexity index is 688. The lowest BCUT2D eigenvalue weighted by atomic mass is 9.95. The van der Waals surface area contributed by atoms with Crippen molar-refractivity contribution in [3.05, 3.63) is 16.0 Å². The maximum Gasteiger partial charge on any atom is 0.341 e. The number of nitrogens with two attached hydrogens (primary N) is 1. The quantitative estimate of drug-likeness (QED) is 0.403. The first-order chi connectivity index (χ1) is 13.0. The van der Waals surface area contributed by atoms with E-state index in [0.717, 1.165) is 36.1 Å². The van der Waals surface area contributed by atoms with E-state index in [1.807, 2.05) is 0 Å². The summed E-state index contributed by atoms with van der Waals surface area (Å²) in [6.07, 6.45) is 3.43. The standard InChI is InChI=1S/C18H26N2O6S/c1-3-26-18(24)15-11-6-4-5-7-13(11)27-16(15)20-14(21)10-12(17(22)23)19-8-9-25-2/h12,19H,3-10H2,1-2H3,(H,20,21)(H,22,23)/t12-/m0/s1. The van der Waals surface area contributed by atoms with Crippen molar-refractivity contribution in [1.82, 2.24) is 0 Å². The number of ether oxygens (including phenoxy) is 2. The summed E-state index contributed by atoms with van der Waals surface area (Å²) < 4.78 is 10.0. The molecule has 0 aliphatic heterocycles. The van der Waals surface area contributed by atoms with Crippen LogP contribution < -0.4 is 15.7 Å². The van der Waals surface area contributed by atoms with Gasteiger partial charge in [0.1, 0.15) is 11.0 Å². The zero-order chi connectivity index (χ0) is 19.8. The number of amides is 1. The molecule has 0 saturated carbocycles. The lowest BCUT2D eigenvalue weighted by molar-refractivity contribution is -0.683. The van der Waals surface area contributed by atoms with E-state index in [-0.39, 0.29) is 13.0 Å². The van der Waals surface area contributed by atoms with Crippen molar-refractivity contribution < 1.29 is 34.3 Å². The highest BCUT2D eigenvalue weighted by molar-refractivity contribution is 7.17. The molecule has 0 unspecified atom stereocenters. The molecule has 0 bridgehead atoms. The molecule has 1 heterocycles. The Balaban J connectivity index is 2.13. The van der Waals surface area contributed by atoms with Crippen molar-refractivity contribution in [2.24, 2.45) is 0 Å². The van der Waals surface area contributed by atoms with Crippen molar-refractivity contribution in [3.63, 3.8) is 0 Å². The largest absolute Gasteiger partial charge is 0.544 e. The predicted molar refractivity (Wildman–Crippen MR) is 97.6 cm³/mol. The summed E-state index contributed by atoms with van der Waals surface area (Å²) in [5.74, 6) is -2.23. The van der Waals surface area contributed by atoms with Crippen LogP contribution in [0.15, 0.2) is 0 Å². The molecule has 0 radical (unpaired) electrons. The number of hydrogen-bond acceptors (Lipinski definition) is 7. The monoisotopic (exact) mass is 398 g/mol. The van der Waals surface area contributed by atoms with Gasteiger partial charge in [0, 0.05) is 12.0 Å². The van der Waals surface area contributed by atoms with Crippen LogP contribution in [0.1, 0.15) is 47.0 Å². The normalized spacial score (nSPS) is 14.3. The summed E-state index contributed by atoms with van der Waals surface area (Å²) in [5.41, 5.74) is 1.36. The number of rotatable bonds is 10. The van der Waals surface area contributed by atoms with Gasteiger partial charge in [0.2, 0.25) is 5.91 Å². The van der Waals surface area contributed by atoms with Crippen molar-refractivity contribution >= 4 is 34.2 Å². The molecule has 1 atom stereocenters. The number of methoxy groups -OCH3 is 1. The smallest absolute Gasteiger partial charge is 0.341 e. The molecule has 0 aromatic carbocycles. The Labute approximate surface area is 162 Å². The second-order valence-electron chi connectivity index (χ2n) is 6.33. The Morgan fingerprint density at radius 1 is 1.30 bits per heavy atom. The first-order valence-electron chi connectivity index (χ1n) is 9.12. The number of nitrogens with one attached hydrogen (secondary N) is 1. The second kappa shape index (κ2) is 10.4. The van der Waals surface area contributed by atoms with Crippen molar-refractivity contribution in [2.45, 2.75) is 45.1 Å². The molecule has 9 heteroatoms. The first kappa shape index (κ1) is 21.3. The molecule has 1 aliphatic rings. The fraction of sp³-hybridized carbons (Fsp3) is 0.611. The van der Waals surface area contributed by atoms with Crippen LogP contribution >= 0.6 is 11.3 Å². The molecule has 1 aromatic heterocycles. The maximum absolute atomic E-state index is 12.4. The van der Waals surface area contributed by atoms with E-state index in [1.165, 1.54) is 23.8 Å². The number of anilines is 1. The van der Waals surface area contributed by atoms with Crippen LogP contribution in [-0.4, -0.2) is 50.8 Å². The van der Waals surface area contributed by atoms with Crippen LogP contribution in [0.2, 0.25) is 0 Å². The molecule has 27 heavy (non-hydrogen) atoms. The fourth-order valence-corrected chi connectivity index (χ4v) is 4.39. The molecule has 0 spiro atoms. The number of hydrogen-bond donors (Lipinski definition) is 2. The number of carbonyl (C=O) groups is 3. The molecule has 1 aromatic rings. The van der Waals surface area contributed by atoms with E-state index in [0.29, 0.717) is 23.7 Å². The average molecular weight is 398 g/mol. The van der Waals surface area contributed by atoms with Crippen molar-refractivity contribution in [1.29, 1.82) is 0 Å². The zero-order valence-corrected chi connectivity index (χ0v) is 16.5. The van der Waals surface area contributed by atoms with Crippen LogP contribution in [0.25, 0.3) is 0 Å². The third kappa shape index (κ3) is 5.75. The third-order valence-electron chi connectivity index (χ3n) is 4.39. The van der Waals surface area contributed by atoms with Crippen LogP contribution in [-0.2, 0) is 31.9 Å². The van der Waals surface area contributed by atoms with Gasteiger partial charge in [-0.2, -0.15) is 0 Å². The number of carboxylic acids is 1. The molecule has 2 rings (SSSR count). The van der Waals surface area contributed by atoms with E-state index in [2.05, 4.69) is 5.32 Å². The molecule has 1 aliphatic carbocycles. The molecule has 1 amide bonds. The number of carbonyl (C=O) groups excluding carboxylic acids is 3. The Kier molecular flexibility index (Phi) is 8.21. The van der Waals surface area contributed by atoms with E-state index in [1.54, 1.807) is 6.92 Å². The summed E-state index contributed by atoms with van der Waals surface area (Å²) in [5, 5.41) is 15.9.